The molecule has 0 saturated carbocycles. The van der Waals surface area contributed by atoms with Gasteiger partial charge in [-0.05, 0) is 52.6 Å². The largest absolute Gasteiger partial charge is 0.508 e. The molecule has 9 nitrogen and oxygen atoms in total. The summed E-state index contributed by atoms with van der Waals surface area (Å²) < 4.78 is 5.76. The molecule has 0 unspecified atom stereocenters. The van der Waals surface area contributed by atoms with Crippen LogP contribution in [-0.4, -0.2) is 65.7 Å². The van der Waals surface area contributed by atoms with Crippen LogP contribution in [0.4, 0.5) is 4.79 Å². The number of nitrogens with one attached hydrogen (secondary N) is 1. The van der Waals surface area contributed by atoms with E-state index in [9.17, 15) is 19.5 Å². The summed E-state index contributed by atoms with van der Waals surface area (Å²) in [5, 5.41) is 12.8. The predicted molar refractivity (Wildman–Crippen MR) is 149 cm³/mol. The number of carbonyl (C=O) groups is 3. The lowest BCUT2D eigenvalue weighted by atomic mass is 9.87. The van der Waals surface area contributed by atoms with Crippen molar-refractivity contribution in [2.75, 3.05) is 19.9 Å². The number of amides is 4. The predicted octanol–water partition coefficient (Wildman–Crippen LogP) is 4.17. The maximum absolute atomic E-state index is 14.0. The summed E-state index contributed by atoms with van der Waals surface area (Å²) >= 11 is 0. The topological polar surface area (TPSA) is 112 Å². The van der Waals surface area contributed by atoms with Crippen molar-refractivity contribution in [2.24, 2.45) is 0 Å². The average molecular weight is 545 g/mol. The molecule has 2 N–H and O–H groups in total. The van der Waals surface area contributed by atoms with Gasteiger partial charge in [-0.2, -0.15) is 0 Å². The first kappa shape index (κ1) is 26.6. The first-order valence-electron chi connectivity index (χ1n) is 12.9. The number of nitrogens with zero attached hydrogens (tertiary/aromatic N) is 3. The quantitative estimate of drug-likeness (QED) is 0.238. The van der Waals surface area contributed by atoms with E-state index in [0.717, 1.165) is 27.6 Å². The Kier molecular flexibility index (Phi) is 7.00. The van der Waals surface area contributed by atoms with Gasteiger partial charge in [0.25, 0.3) is 11.8 Å². The Hall–Kier alpha value is -4.02. The summed E-state index contributed by atoms with van der Waals surface area (Å²) in [6, 6.07) is 16.2. The van der Waals surface area contributed by atoms with Crippen LogP contribution in [0.2, 0.25) is 25.7 Å². The van der Waals surface area contributed by atoms with E-state index in [0.29, 0.717) is 17.7 Å². The Bertz CT molecular complexity index is 1410. The zero-order chi connectivity index (χ0) is 27.8. The maximum atomic E-state index is 14.0. The molecule has 39 heavy (non-hydrogen) atoms. The number of phenols is 1. The molecule has 1 saturated heterocycles. The summed E-state index contributed by atoms with van der Waals surface area (Å²) in [6.45, 7) is 7.20. The molecule has 5 rings (SSSR count). The lowest BCUT2D eigenvalue weighted by Crippen LogP contribution is -2.53. The van der Waals surface area contributed by atoms with Crippen LogP contribution in [0.25, 0.3) is 11.1 Å². The van der Waals surface area contributed by atoms with Gasteiger partial charge < -0.3 is 20.1 Å². The molecule has 0 spiro atoms. The van der Waals surface area contributed by atoms with Crippen molar-refractivity contribution in [1.82, 2.24) is 20.1 Å². The van der Waals surface area contributed by atoms with Gasteiger partial charge in [-0.15, -0.1) is 0 Å². The number of carbonyl (C=O) groups excluding carboxylic acids is 3. The summed E-state index contributed by atoms with van der Waals surface area (Å²) in [5.41, 5.74) is 2.12. The second-order valence-corrected chi connectivity index (χ2v) is 16.9. The van der Waals surface area contributed by atoms with Crippen molar-refractivity contribution in [3.05, 3.63) is 83.7 Å². The highest BCUT2D eigenvalue weighted by molar-refractivity contribution is 6.76. The van der Waals surface area contributed by atoms with Gasteiger partial charge in [0.05, 0.1) is 6.54 Å². The zero-order valence-electron chi connectivity index (χ0n) is 22.3. The molecule has 0 bridgehead atoms. The highest BCUT2D eigenvalue weighted by Gasteiger charge is 2.54. The molecule has 0 aliphatic carbocycles. The molecule has 0 radical (unpaired) electrons. The van der Waals surface area contributed by atoms with Crippen LogP contribution in [-0.2, 0) is 21.6 Å². The summed E-state index contributed by atoms with van der Waals surface area (Å²) in [5.74, 6) is -0.776. The second kappa shape index (κ2) is 10.3. The number of aromatic hydroxyl groups is 1. The van der Waals surface area contributed by atoms with Crippen molar-refractivity contribution in [1.29, 1.82) is 0 Å². The van der Waals surface area contributed by atoms with E-state index in [-0.39, 0.29) is 31.5 Å². The van der Waals surface area contributed by atoms with Gasteiger partial charge in [0.2, 0.25) is 0 Å². The van der Waals surface area contributed by atoms with Crippen molar-refractivity contribution in [2.45, 2.75) is 37.8 Å². The van der Waals surface area contributed by atoms with Crippen LogP contribution in [0, 0.1) is 0 Å². The molecule has 202 valence electrons. The van der Waals surface area contributed by atoms with Crippen molar-refractivity contribution >= 4 is 25.9 Å². The summed E-state index contributed by atoms with van der Waals surface area (Å²) in [4.78, 5) is 47.1. The molecule has 4 amide bonds. The van der Waals surface area contributed by atoms with E-state index in [1.807, 2.05) is 36.4 Å². The Morgan fingerprint density at radius 2 is 1.69 bits per heavy atom. The monoisotopic (exact) mass is 544 g/mol. The second-order valence-electron chi connectivity index (χ2n) is 11.2. The van der Waals surface area contributed by atoms with Gasteiger partial charge in [0, 0.05) is 39.2 Å². The number of pyridine rings is 1. The van der Waals surface area contributed by atoms with Gasteiger partial charge in [-0.3, -0.25) is 14.6 Å². The zero-order valence-corrected chi connectivity index (χ0v) is 23.3. The van der Waals surface area contributed by atoms with Crippen LogP contribution in [0.1, 0.15) is 21.5 Å². The fourth-order valence-electron chi connectivity index (χ4n) is 4.93. The molecular weight excluding hydrogens is 512 g/mol. The van der Waals surface area contributed by atoms with E-state index in [1.54, 1.807) is 18.5 Å². The number of hydrogen-bond acceptors (Lipinski definition) is 6. The van der Waals surface area contributed by atoms with Crippen LogP contribution in [0.3, 0.4) is 0 Å². The van der Waals surface area contributed by atoms with Gasteiger partial charge in [0.15, 0.2) is 5.54 Å². The fraction of sp³-hybridized carbons (Fsp3) is 0.310. The van der Waals surface area contributed by atoms with Crippen LogP contribution < -0.4 is 5.32 Å². The van der Waals surface area contributed by atoms with Gasteiger partial charge in [0.1, 0.15) is 12.5 Å². The standard InChI is InChI=1S/C29H32N4O5Si/c1-39(2,3)15-14-38-19-33-27(36)29(31-28(33)37,18-32-17-22-6-9-24(34)16-25(22)26(32)35)23-7-4-20(5-8-23)21-10-12-30-13-11-21/h4-13,16,34H,14-15,17-19H2,1-3H3,(H,31,37)/t29-/m0/s1. The molecule has 1 fully saturated rings. The number of phenolic OH excluding ortho intramolecular Hbond substituents is 1. The van der Waals surface area contributed by atoms with E-state index in [1.165, 1.54) is 17.0 Å². The lowest BCUT2D eigenvalue weighted by molar-refractivity contribution is -0.135. The normalized spacial score (nSPS) is 19.0. The minimum atomic E-state index is -1.49. The van der Waals surface area contributed by atoms with E-state index < -0.39 is 25.6 Å². The Balaban J connectivity index is 1.45. The van der Waals surface area contributed by atoms with Gasteiger partial charge >= 0.3 is 6.03 Å². The molecule has 1 atom stereocenters. The van der Waals surface area contributed by atoms with E-state index in [4.69, 9.17) is 4.74 Å². The molecule has 2 aliphatic heterocycles. The van der Waals surface area contributed by atoms with Crippen LogP contribution >= 0.6 is 0 Å². The number of rotatable bonds is 9. The minimum absolute atomic E-state index is 0.00254. The van der Waals surface area contributed by atoms with E-state index >= 15 is 0 Å². The average Bonchev–Trinajstić information content (AvgIpc) is 3.34. The van der Waals surface area contributed by atoms with Crippen molar-refractivity contribution in [3.63, 3.8) is 0 Å². The number of fused-ring (bicyclic) bond motifs is 1. The molecule has 3 heterocycles. The van der Waals surface area contributed by atoms with Crippen LogP contribution in [0.15, 0.2) is 67.0 Å². The third-order valence-corrected chi connectivity index (χ3v) is 8.89. The number of aromatic nitrogens is 1. The first-order chi connectivity index (χ1) is 18.6. The molecular formula is C29H32N4O5Si. The Morgan fingerprint density at radius 1 is 1.00 bits per heavy atom. The van der Waals surface area contributed by atoms with Gasteiger partial charge in [-0.25, -0.2) is 9.69 Å². The summed E-state index contributed by atoms with van der Waals surface area (Å²) in [7, 11) is -1.34. The first-order valence-corrected chi connectivity index (χ1v) is 16.6. The van der Waals surface area contributed by atoms with Crippen molar-refractivity contribution < 1.29 is 24.2 Å². The molecule has 10 heteroatoms. The Labute approximate surface area is 228 Å². The van der Waals surface area contributed by atoms with Crippen LogP contribution in [0.5, 0.6) is 5.75 Å². The maximum Gasteiger partial charge on any atom is 0.327 e. The smallest absolute Gasteiger partial charge is 0.327 e. The fourth-order valence-corrected chi connectivity index (χ4v) is 5.68. The highest BCUT2D eigenvalue weighted by atomic mass is 28.3. The molecule has 3 aromatic rings. The number of urea groups is 1. The lowest BCUT2D eigenvalue weighted by Gasteiger charge is -2.32. The summed E-state index contributed by atoms with van der Waals surface area (Å²) in [6.07, 6.45) is 3.42. The SMILES string of the molecule is C[Si](C)(C)CCOCN1C(=O)N[C@@](CN2Cc3ccc(O)cc3C2=O)(c2ccc(-c3ccncc3)cc2)C1=O. The van der Waals surface area contributed by atoms with Crippen molar-refractivity contribution in [3.8, 4) is 16.9 Å². The van der Waals surface area contributed by atoms with E-state index in [2.05, 4.69) is 29.9 Å². The minimum Gasteiger partial charge on any atom is -0.508 e. The number of hydrogen-bond donors (Lipinski definition) is 2. The molecule has 1 aromatic heterocycles. The highest BCUT2D eigenvalue weighted by Crippen LogP contribution is 2.35. The third kappa shape index (κ3) is 5.30. The molecule has 2 aromatic carbocycles. The molecule has 2 aliphatic rings. The third-order valence-electron chi connectivity index (χ3n) is 7.18. The van der Waals surface area contributed by atoms with Gasteiger partial charge in [-0.1, -0.05) is 50.0 Å². The Morgan fingerprint density at radius 3 is 2.38 bits per heavy atom. The number of benzene rings is 2. The number of ether oxygens (including phenoxy) is 1. The number of imide groups is 1.